The van der Waals surface area contributed by atoms with E-state index in [1.54, 1.807) is 6.07 Å². The van der Waals surface area contributed by atoms with E-state index in [-0.39, 0.29) is 5.56 Å². The van der Waals surface area contributed by atoms with Gasteiger partial charge < -0.3 is 4.98 Å². The van der Waals surface area contributed by atoms with Crippen LogP contribution < -0.4 is 5.56 Å². The number of fused-ring (bicyclic) bond motifs is 1. The normalized spacial score (nSPS) is 10.9. The Kier molecular flexibility index (Phi) is 3.90. The van der Waals surface area contributed by atoms with Gasteiger partial charge in [-0.05, 0) is 35.2 Å². The number of aryl methyl sites for hydroxylation is 1. The monoisotopic (exact) mass is 326 g/mol. The van der Waals surface area contributed by atoms with Gasteiger partial charge in [-0.25, -0.2) is 4.98 Å². The Morgan fingerprint density at radius 1 is 0.800 bits per heavy atom. The summed E-state index contributed by atoms with van der Waals surface area (Å²) in [6.45, 7) is 2.15. The van der Waals surface area contributed by atoms with Crippen molar-refractivity contribution in [3.63, 3.8) is 0 Å². The molecule has 0 aliphatic heterocycles. The van der Waals surface area contributed by atoms with Crippen LogP contribution in [0.5, 0.6) is 0 Å². The molecule has 0 spiro atoms. The highest BCUT2D eigenvalue weighted by atomic mass is 16.1. The predicted molar refractivity (Wildman–Crippen MR) is 103 cm³/mol. The fourth-order valence-electron chi connectivity index (χ4n) is 2.98. The first-order valence-corrected chi connectivity index (χ1v) is 8.43. The number of hydrogen-bond donors (Lipinski definition) is 1. The van der Waals surface area contributed by atoms with Crippen molar-refractivity contribution in [3.05, 3.63) is 88.7 Å². The van der Waals surface area contributed by atoms with E-state index in [0.717, 1.165) is 17.5 Å². The zero-order valence-corrected chi connectivity index (χ0v) is 14.0. The van der Waals surface area contributed by atoms with Crippen LogP contribution in [-0.2, 0) is 6.42 Å². The van der Waals surface area contributed by atoms with Gasteiger partial charge in [-0.3, -0.25) is 4.79 Å². The van der Waals surface area contributed by atoms with E-state index in [9.17, 15) is 4.79 Å². The maximum absolute atomic E-state index is 12.2. The van der Waals surface area contributed by atoms with Gasteiger partial charge in [0.1, 0.15) is 5.82 Å². The van der Waals surface area contributed by atoms with Crippen molar-refractivity contribution >= 4 is 10.9 Å². The van der Waals surface area contributed by atoms with E-state index >= 15 is 0 Å². The van der Waals surface area contributed by atoms with Gasteiger partial charge in [0.2, 0.25) is 0 Å². The van der Waals surface area contributed by atoms with Crippen LogP contribution in [0.4, 0.5) is 0 Å². The molecular formula is C22H18N2O. The molecule has 25 heavy (non-hydrogen) atoms. The van der Waals surface area contributed by atoms with Crippen molar-refractivity contribution in [2.24, 2.45) is 0 Å². The van der Waals surface area contributed by atoms with Crippen molar-refractivity contribution in [1.82, 2.24) is 9.97 Å². The number of para-hydroxylation sites is 1. The van der Waals surface area contributed by atoms with Gasteiger partial charge in [-0.15, -0.1) is 0 Å². The van der Waals surface area contributed by atoms with Gasteiger partial charge in [0.15, 0.2) is 0 Å². The third-order valence-electron chi connectivity index (χ3n) is 4.47. The third-order valence-corrected chi connectivity index (χ3v) is 4.47. The second-order valence-electron chi connectivity index (χ2n) is 6.06. The molecule has 3 nitrogen and oxygen atoms in total. The van der Waals surface area contributed by atoms with E-state index in [2.05, 4.69) is 53.3 Å². The van der Waals surface area contributed by atoms with E-state index in [4.69, 9.17) is 0 Å². The van der Waals surface area contributed by atoms with Gasteiger partial charge in [0.25, 0.3) is 5.56 Å². The van der Waals surface area contributed by atoms with Crippen LogP contribution in [0.25, 0.3) is 33.4 Å². The summed E-state index contributed by atoms with van der Waals surface area (Å²) >= 11 is 0. The van der Waals surface area contributed by atoms with Gasteiger partial charge in [-0.2, -0.15) is 0 Å². The zero-order chi connectivity index (χ0) is 17.2. The SMILES string of the molecule is CCc1ccc(-c2ccc(-c3nc4ccccc4c(=O)[nH]3)cc2)cc1. The molecular weight excluding hydrogens is 308 g/mol. The summed E-state index contributed by atoms with van der Waals surface area (Å²) in [5.74, 6) is 0.594. The Balaban J connectivity index is 1.71. The highest BCUT2D eigenvalue weighted by Crippen LogP contribution is 2.24. The molecule has 0 saturated carbocycles. The summed E-state index contributed by atoms with van der Waals surface area (Å²) in [5, 5.41) is 0.610. The van der Waals surface area contributed by atoms with Gasteiger partial charge in [0.05, 0.1) is 10.9 Å². The first-order chi connectivity index (χ1) is 12.2. The lowest BCUT2D eigenvalue weighted by atomic mass is 10.0. The van der Waals surface area contributed by atoms with Crippen molar-refractivity contribution in [2.75, 3.05) is 0 Å². The quantitative estimate of drug-likeness (QED) is 0.587. The molecule has 4 rings (SSSR count). The average Bonchev–Trinajstić information content (AvgIpc) is 2.68. The second-order valence-corrected chi connectivity index (χ2v) is 6.06. The fourth-order valence-corrected chi connectivity index (χ4v) is 2.98. The highest BCUT2D eigenvalue weighted by Gasteiger charge is 2.06. The largest absolute Gasteiger partial charge is 0.306 e. The van der Waals surface area contributed by atoms with Crippen LogP contribution in [0.2, 0.25) is 0 Å². The van der Waals surface area contributed by atoms with Crippen LogP contribution >= 0.6 is 0 Å². The first-order valence-electron chi connectivity index (χ1n) is 8.43. The van der Waals surface area contributed by atoms with E-state index < -0.39 is 0 Å². The lowest BCUT2D eigenvalue weighted by molar-refractivity contribution is 1.14. The molecule has 4 aromatic rings. The standard InChI is InChI=1S/C22H18N2O/c1-2-15-7-9-16(10-8-15)17-11-13-18(14-12-17)21-23-20-6-4-3-5-19(20)22(25)24-21/h3-14H,2H2,1H3,(H,23,24,25). The third kappa shape index (κ3) is 2.96. The minimum atomic E-state index is -0.111. The molecule has 0 bridgehead atoms. The summed E-state index contributed by atoms with van der Waals surface area (Å²) < 4.78 is 0. The van der Waals surface area contributed by atoms with Crippen molar-refractivity contribution in [3.8, 4) is 22.5 Å². The van der Waals surface area contributed by atoms with E-state index in [0.29, 0.717) is 16.7 Å². The Labute approximate surface area is 146 Å². The number of aromatic amines is 1. The second kappa shape index (κ2) is 6.36. The topological polar surface area (TPSA) is 45.8 Å². The number of nitrogens with zero attached hydrogens (tertiary/aromatic N) is 1. The van der Waals surface area contributed by atoms with Crippen LogP contribution in [0, 0.1) is 0 Å². The summed E-state index contributed by atoms with van der Waals surface area (Å²) in [4.78, 5) is 19.7. The number of benzene rings is 3. The average molecular weight is 326 g/mol. The maximum Gasteiger partial charge on any atom is 0.259 e. The molecule has 1 aromatic heterocycles. The van der Waals surface area contributed by atoms with Gasteiger partial charge in [-0.1, -0.05) is 67.6 Å². The molecule has 0 saturated heterocycles. The minimum absolute atomic E-state index is 0.111. The fraction of sp³-hybridized carbons (Fsp3) is 0.0909. The number of hydrogen-bond acceptors (Lipinski definition) is 2. The number of H-pyrrole nitrogens is 1. The molecule has 0 atom stereocenters. The minimum Gasteiger partial charge on any atom is -0.306 e. The van der Waals surface area contributed by atoms with Crippen LogP contribution in [0.3, 0.4) is 0 Å². The smallest absolute Gasteiger partial charge is 0.259 e. The van der Waals surface area contributed by atoms with Crippen LogP contribution in [-0.4, -0.2) is 9.97 Å². The Morgan fingerprint density at radius 3 is 2.08 bits per heavy atom. The number of nitrogens with one attached hydrogen (secondary N) is 1. The van der Waals surface area contributed by atoms with Crippen molar-refractivity contribution < 1.29 is 0 Å². The summed E-state index contributed by atoms with van der Waals surface area (Å²) in [6.07, 6.45) is 1.04. The molecule has 3 aromatic carbocycles. The summed E-state index contributed by atoms with van der Waals surface area (Å²) in [6, 6.07) is 24.1. The van der Waals surface area contributed by atoms with Crippen LogP contribution in [0.1, 0.15) is 12.5 Å². The van der Waals surface area contributed by atoms with Crippen molar-refractivity contribution in [2.45, 2.75) is 13.3 Å². The summed E-state index contributed by atoms with van der Waals surface area (Å²) in [5.41, 5.74) is 5.16. The Morgan fingerprint density at radius 2 is 1.40 bits per heavy atom. The Hall–Kier alpha value is -3.20. The van der Waals surface area contributed by atoms with E-state index in [1.807, 2.05) is 30.3 Å². The molecule has 122 valence electrons. The molecule has 0 unspecified atom stereocenters. The molecule has 0 amide bonds. The first kappa shape index (κ1) is 15.3. The molecule has 0 fully saturated rings. The van der Waals surface area contributed by atoms with Gasteiger partial charge in [0, 0.05) is 5.56 Å². The number of aromatic nitrogens is 2. The zero-order valence-electron chi connectivity index (χ0n) is 14.0. The lowest BCUT2D eigenvalue weighted by Crippen LogP contribution is -2.09. The number of rotatable bonds is 3. The molecule has 0 radical (unpaired) electrons. The maximum atomic E-state index is 12.2. The molecule has 1 N–H and O–H groups in total. The highest BCUT2D eigenvalue weighted by molar-refractivity contribution is 5.79. The van der Waals surface area contributed by atoms with E-state index in [1.165, 1.54) is 11.1 Å². The van der Waals surface area contributed by atoms with Crippen LogP contribution in [0.15, 0.2) is 77.6 Å². The predicted octanol–water partition coefficient (Wildman–Crippen LogP) is 4.82. The molecule has 0 aliphatic rings. The summed E-state index contributed by atoms with van der Waals surface area (Å²) in [7, 11) is 0. The molecule has 1 heterocycles. The van der Waals surface area contributed by atoms with Gasteiger partial charge >= 0.3 is 0 Å². The molecule has 0 aliphatic carbocycles. The van der Waals surface area contributed by atoms with Crippen molar-refractivity contribution in [1.29, 1.82) is 0 Å². The molecule has 3 heteroatoms. The lowest BCUT2D eigenvalue weighted by Gasteiger charge is -2.06. The Bertz CT molecular complexity index is 1080.